The molecule has 2 N–H and O–H groups in total. The molecule has 216 valence electrons. The normalized spacial score (nSPS) is 11.2. The molecule has 0 aliphatic carbocycles. The van der Waals surface area contributed by atoms with E-state index in [1.165, 1.54) is 21.3 Å². The number of ether oxygens (including phenoxy) is 4. The molecule has 0 aliphatic rings. The molecule has 4 aromatic rings. The first-order valence-corrected chi connectivity index (χ1v) is 12.9. The molecular weight excluding hydrogens is 524 g/mol. The van der Waals surface area contributed by atoms with Crippen LogP contribution in [0, 0.1) is 18.8 Å². The highest BCUT2D eigenvalue weighted by molar-refractivity contribution is 6.16. The number of imidazole rings is 1. The van der Waals surface area contributed by atoms with Gasteiger partial charge in [-0.2, -0.15) is 5.10 Å². The lowest BCUT2D eigenvalue weighted by Crippen LogP contribution is -2.41. The number of rotatable bonds is 10. The number of methoxy groups -OCH3 is 4. The number of ketones is 1. The van der Waals surface area contributed by atoms with Crippen molar-refractivity contribution < 1.29 is 28.2 Å². The van der Waals surface area contributed by atoms with Gasteiger partial charge in [0.25, 0.3) is 0 Å². The average molecular weight is 562 g/mol. The SMILES string of the molecule is CC#Cc1c(OC)ccc2c(C(=O)c3cc(OC)c(OC)c(OC)c3)nn(C[N+](C)(C)Cc3nc(N)n(C)c3C)c12. The summed E-state index contributed by atoms with van der Waals surface area (Å²) >= 11 is 0. The minimum atomic E-state index is -0.299. The smallest absolute Gasteiger partial charge is 0.214 e. The predicted molar refractivity (Wildman–Crippen MR) is 157 cm³/mol. The van der Waals surface area contributed by atoms with Crippen LogP contribution >= 0.6 is 0 Å². The number of carbonyl (C=O) groups is 1. The lowest BCUT2D eigenvalue weighted by atomic mass is 10.0. The summed E-state index contributed by atoms with van der Waals surface area (Å²) in [6.07, 6.45) is 0. The topological polar surface area (TPSA) is 116 Å². The molecule has 2 aromatic carbocycles. The van der Waals surface area contributed by atoms with Crippen LogP contribution < -0.4 is 24.7 Å². The molecular formula is C30H37N6O5+. The Morgan fingerprint density at radius 3 is 2.17 bits per heavy atom. The molecule has 0 unspecified atom stereocenters. The molecule has 2 aromatic heterocycles. The van der Waals surface area contributed by atoms with Crippen molar-refractivity contribution in [3.63, 3.8) is 0 Å². The number of carbonyl (C=O) groups excluding carboxylic acids is 1. The third-order valence-electron chi connectivity index (χ3n) is 7.09. The number of fused-ring (bicyclic) bond motifs is 1. The van der Waals surface area contributed by atoms with Gasteiger partial charge in [-0.25, -0.2) is 9.67 Å². The molecule has 11 heteroatoms. The van der Waals surface area contributed by atoms with E-state index < -0.39 is 0 Å². The molecule has 0 bridgehead atoms. The second-order valence-electron chi connectivity index (χ2n) is 10.3. The van der Waals surface area contributed by atoms with Crippen LogP contribution in [0.15, 0.2) is 24.3 Å². The number of benzene rings is 2. The van der Waals surface area contributed by atoms with E-state index in [0.29, 0.717) is 68.7 Å². The Morgan fingerprint density at radius 2 is 1.66 bits per heavy atom. The quantitative estimate of drug-likeness (QED) is 0.178. The van der Waals surface area contributed by atoms with Crippen molar-refractivity contribution in [1.82, 2.24) is 19.3 Å². The first-order chi connectivity index (χ1) is 19.5. The Bertz CT molecular complexity index is 1660. The number of nitrogen functional groups attached to an aromatic ring is 1. The molecule has 11 nitrogen and oxygen atoms in total. The molecule has 41 heavy (non-hydrogen) atoms. The maximum atomic E-state index is 14.0. The third-order valence-corrected chi connectivity index (χ3v) is 7.09. The largest absolute Gasteiger partial charge is 0.495 e. The van der Waals surface area contributed by atoms with Crippen molar-refractivity contribution in [2.45, 2.75) is 27.1 Å². The van der Waals surface area contributed by atoms with Crippen LogP contribution in [-0.2, 0) is 20.3 Å². The van der Waals surface area contributed by atoms with Crippen molar-refractivity contribution in [2.75, 3.05) is 48.3 Å². The van der Waals surface area contributed by atoms with E-state index in [4.69, 9.17) is 29.8 Å². The van der Waals surface area contributed by atoms with Crippen LogP contribution in [0.4, 0.5) is 5.95 Å². The van der Waals surface area contributed by atoms with Gasteiger partial charge in [-0.3, -0.25) is 4.79 Å². The van der Waals surface area contributed by atoms with E-state index in [1.54, 1.807) is 32.2 Å². The van der Waals surface area contributed by atoms with Gasteiger partial charge in [0.15, 0.2) is 18.2 Å². The van der Waals surface area contributed by atoms with E-state index in [2.05, 4.69) is 30.9 Å². The maximum absolute atomic E-state index is 14.0. The number of quaternary nitrogens is 1. The van der Waals surface area contributed by atoms with E-state index in [1.807, 2.05) is 29.3 Å². The van der Waals surface area contributed by atoms with Crippen molar-refractivity contribution in [3.8, 4) is 34.8 Å². The summed E-state index contributed by atoms with van der Waals surface area (Å²) in [6, 6.07) is 6.89. The highest BCUT2D eigenvalue weighted by atomic mass is 16.5. The lowest BCUT2D eigenvalue weighted by molar-refractivity contribution is -0.926. The minimum Gasteiger partial charge on any atom is -0.495 e. The number of hydrogen-bond acceptors (Lipinski definition) is 8. The van der Waals surface area contributed by atoms with Gasteiger partial charge in [-0.05, 0) is 38.1 Å². The van der Waals surface area contributed by atoms with Crippen molar-refractivity contribution in [1.29, 1.82) is 0 Å². The molecule has 0 atom stereocenters. The number of hydrogen-bond donors (Lipinski definition) is 1. The second kappa shape index (κ2) is 11.4. The van der Waals surface area contributed by atoms with Crippen LogP contribution in [0.1, 0.15) is 39.9 Å². The summed E-state index contributed by atoms with van der Waals surface area (Å²) < 4.78 is 26.2. The van der Waals surface area contributed by atoms with Crippen molar-refractivity contribution in [3.05, 3.63) is 52.5 Å². The Hall–Kier alpha value is -4.69. The third kappa shape index (κ3) is 5.38. The summed E-state index contributed by atoms with van der Waals surface area (Å²) in [6.45, 7) is 4.76. The Balaban J connectivity index is 1.89. The summed E-state index contributed by atoms with van der Waals surface area (Å²) in [5.74, 6) is 8.05. The summed E-state index contributed by atoms with van der Waals surface area (Å²) in [4.78, 5) is 18.6. The molecule has 0 saturated carbocycles. The molecule has 0 fully saturated rings. The van der Waals surface area contributed by atoms with Gasteiger partial charge in [-0.1, -0.05) is 5.92 Å². The molecule has 0 radical (unpaired) electrons. The Labute approximate surface area is 240 Å². The fourth-order valence-corrected chi connectivity index (χ4v) is 4.92. The van der Waals surface area contributed by atoms with E-state index in [-0.39, 0.29) is 11.5 Å². The molecule has 0 amide bonds. The van der Waals surface area contributed by atoms with Crippen LogP contribution in [0.3, 0.4) is 0 Å². The average Bonchev–Trinajstić information content (AvgIpc) is 3.43. The first kappa shape index (κ1) is 29.3. The van der Waals surface area contributed by atoms with Crippen LogP contribution in [0.5, 0.6) is 23.0 Å². The number of anilines is 1. The molecule has 0 aliphatic heterocycles. The van der Waals surface area contributed by atoms with Gasteiger partial charge in [0, 0.05) is 23.7 Å². The highest BCUT2D eigenvalue weighted by Gasteiger charge is 2.28. The lowest BCUT2D eigenvalue weighted by Gasteiger charge is -2.29. The van der Waals surface area contributed by atoms with E-state index in [9.17, 15) is 4.79 Å². The summed E-state index contributed by atoms with van der Waals surface area (Å²) in [5, 5.41) is 5.53. The zero-order chi connectivity index (χ0) is 30.1. The molecule has 0 spiro atoms. The van der Waals surface area contributed by atoms with Crippen LogP contribution in [-0.4, -0.2) is 72.1 Å². The number of aromatic nitrogens is 4. The van der Waals surface area contributed by atoms with Gasteiger partial charge in [0.05, 0.1) is 53.6 Å². The molecule has 0 saturated heterocycles. The first-order valence-electron chi connectivity index (χ1n) is 12.9. The zero-order valence-electron chi connectivity index (χ0n) is 25.1. The summed E-state index contributed by atoms with van der Waals surface area (Å²) in [5.41, 5.74) is 9.93. The van der Waals surface area contributed by atoms with Gasteiger partial charge in [0.1, 0.15) is 23.7 Å². The monoisotopic (exact) mass is 561 g/mol. The number of nitrogens with two attached hydrogens (primary N) is 1. The second-order valence-corrected chi connectivity index (χ2v) is 10.3. The molecule has 2 heterocycles. The van der Waals surface area contributed by atoms with E-state index >= 15 is 0 Å². The van der Waals surface area contributed by atoms with Gasteiger partial charge >= 0.3 is 0 Å². The van der Waals surface area contributed by atoms with Crippen LogP contribution in [0.25, 0.3) is 10.9 Å². The fourth-order valence-electron chi connectivity index (χ4n) is 4.92. The molecule has 4 rings (SSSR count). The van der Waals surface area contributed by atoms with Crippen molar-refractivity contribution >= 4 is 22.6 Å². The van der Waals surface area contributed by atoms with Gasteiger partial charge in [-0.15, -0.1) is 5.92 Å². The summed E-state index contributed by atoms with van der Waals surface area (Å²) in [7, 11) is 12.2. The van der Waals surface area contributed by atoms with Crippen LogP contribution in [0.2, 0.25) is 0 Å². The minimum absolute atomic E-state index is 0.273. The van der Waals surface area contributed by atoms with Gasteiger partial charge in [0.2, 0.25) is 17.5 Å². The number of nitrogens with zero attached hydrogens (tertiary/aromatic N) is 5. The van der Waals surface area contributed by atoms with E-state index in [0.717, 1.165) is 11.4 Å². The highest BCUT2D eigenvalue weighted by Crippen LogP contribution is 2.39. The van der Waals surface area contributed by atoms with Gasteiger partial charge < -0.3 is 33.7 Å². The fraction of sp³-hybridized carbons (Fsp3) is 0.367. The Morgan fingerprint density at radius 1 is 1.02 bits per heavy atom. The Kier molecular flexibility index (Phi) is 8.17. The predicted octanol–water partition coefficient (Wildman–Crippen LogP) is 3.53. The standard InChI is InChI=1S/C30H37N6O5/c1-10-11-20-23(38-6)13-12-21-26(28(37)19-14-24(39-7)29(41-9)25(15-19)40-8)33-35(27(20)21)17-36(4,5)16-22-18(2)34(3)30(31)32-22/h12-15H,16-17H2,1-9H3,(H2,31,32)/q+1. The maximum Gasteiger partial charge on any atom is 0.214 e. The van der Waals surface area contributed by atoms with Crippen molar-refractivity contribution in [2.24, 2.45) is 7.05 Å². The zero-order valence-corrected chi connectivity index (χ0v) is 25.1.